The van der Waals surface area contributed by atoms with Crippen molar-refractivity contribution in [1.29, 1.82) is 5.41 Å². The minimum absolute atomic E-state index is 0. The van der Waals surface area contributed by atoms with Crippen molar-refractivity contribution in [3.63, 3.8) is 0 Å². The maximum atomic E-state index is 12.9. The van der Waals surface area contributed by atoms with Gasteiger partial charge in [-0.15, -0.1) is 0 Å². The van der Waals surface area contributed by atoms with E-state index in [9.17, 15) is 13.2 Å². The number of amides is 2. The maximum absolute atomic E-state index is 12.9. The molecule has 4 aromatic carbocycles. The Morgan fingerprint density at radius 3 is 2.13 bits per heavy atom. The van der Waals surface area contributed by atoms with Gasteiger partial charge in [0.1, 0.15) is 11.6 Å². The minimum Gasteiger partial charge on any atom is -0.495 e. The van der Waals surface area contributed by atoms with Crippen molar-refractivity contribution in [3.05, 3.63) is 114 Å². The highest BCUT2D eigenvalue weighted by Crippen LogP contribution is 2.32. The molecule has 0 radical (unpaired) electrons. The molecule has 0 bridgehead atoms. The zero-order valence-corrected chi connectivity index (χ0v) is 28.1. The SMILES string of the molecule is CCN(C(=N)CCCc1ccc(-c2ccc(OC)c(NS(=O)(=O)c3ccccc3)c2)cc1)C(=O)NCc1ccc(C(C)(C)C)cc1.[HH]. The number of aryl methyl sites for hydroxylation is 1. The fourth-order valence-electron chi connectivity index (χ4n) is 5.08. The van der Waals surface area contributed by atoms with Crippen molar-refractivity contribution in [1.82, 2.24) is 10.2 Å². The third kappa shape index (κ3) is 8.97. The zero-order chi connectivity index (χ0) is 33.3. The molecule has 0 saturated heterocycles. The predicted octanol–water partition coefficient (Wildman–Crippen LogP) is 8.24. The maximum Gasteiger partial charge on any atom is 0.323 e. The van der Waals surface area contributed by atoms with Crippen molar-refractivity contribution in [3.8, 4) is 16.9 Å². The number of nitrogens with zero attached hydrogens (tertiary/aromatic N) is 1. The molecule has 3 N–H and O–H groups in total. The molecule has 0 aliphatic carbocycles. The number of urea groups is 1. The van der Waals surface area contributed by atoms with Gasteiger partial charge in [-0.25, -0.2) is 13.2 Å². The van der Waals surface area contributed by atoms with Gasteiger partial charge in [0.15, 0.2) is 0 Å². The monoisotopic (exact) mass is 642 g/mol. The van der Waals surface area contributed by atoms with Crippen LogP contribution in [0.15, 0.2) is 102 Å². The van der Waals surface area contributed by atoms with Crippen molar-refractivity contribution in [2.75, 3.05) is 18.4 Å². The van der Waals surface area contributed by atoms with Crippen LogP contribution in [-0.4, -0.2) is 38.8 Å². The lowest BCUT2D eigenvalue weighted by atomic mass is 9.87. The topological polar surface area (TPSA) is 112 Å². The highest BCUT2D eigenvalue weighted by Gasteiger charge is 2.18. The Balaban J connectivity index is 0.00000600. The molecule has 0 heterocycles. The molecule has 0 aliphatic rings. The van der Waals surface area contributed by atoms with Crippen LogP contribution in [0.1, 0.15) is 58.7 Å². The fourth-order valence-corrected chi connectivity index (χ4v) is 6.16. The minimum atomic E-state index is -3.78. The third-order valence-corrected chi connectivity index (χ3v) is 9.20. The Labute approximate surface area is 274 Å². The molecule has 9 heteroatoms. The van der Waals surface area contributed by atoms with Crippen LogP contribution < -0.4 is 14.8 Å². The molecule has 0 spiro atoms. The van der Waals surface area contributed by atoms with E-state index in [1.54, 1.807) is 42.5 Å². The second-order valence-electron chi connectivity index (χ2n) is 12.2. The lowest BCUT2D eigenvalue weighted by Gasteiger charge is -2.22. The zero-order valence-electron chi connectivity index (χ0n) is 27.3. The van der Waals surface area contributed by atoms with Crippen molar-refractivity contribution < 1.29 is 19.4 Å². The summed E-state index contributed by atoms with van der Waals surface area (Å²) in [5.74, 6) is 0.718. The van der Waals surface area contributed by atoms with Gasteiger partial charge in [0.25, 0.3) is 10.0 Å². The second-order valence-corrected chi connectivity index (χ2v) is 13.9. The van der Waals surface area contributed by atoms with E-state index in [2.05, 4.69) is 42.9 Å². The molecule has 4 rings (SSSR count). The first-order chi connectivity index (χ1) is 21.9. The van der Waals surface area contributed by atoms with E-state index in [1.165, 1.54) is 17.6 Å². The Morgan fingerprint density at radius 1 is 0.891 bits per heavy atom. The number of carbonyl (C=O) groups excluding carboxylic acids is 1. The van der Waals surface area contributed by atoms with E-state index in [-0.39, 0.29) is 17.8 Å². The molecule has 0 atom stereocenters. The average molecular weight is 643 g/mol. The van der Waals surface area contributed by atoms with Crippen molar-refractivity contribution >= 4 is 27.6 Å². The number of anilines is 1. The Kier molecular flexibility index (Phi) is 11.2. The lowest BCUT2D eigenvalue weighted by molar-refractivity contribution is 0.221. The van der Waals surface area contributed by atoms with Gasteiger partial charge in [-0.05, 0) is 77.3 Å². The highest BCUT2D eigenvalue weighted by molar-refractivity contribution is 7.92. The number of nitrogens with one attached hydrogen (secondary N) is 3. The first kappa shape index (κ1) is 34.2. The van der Waals surface area contributed by atoms with Gasteiger partial charge in [-0.2, -0.15) is 0 Å². The van der Waals surface area contributed by atoms with Crippen LogP contribution in [0.3, 0.4) is 0 Å². The number of rotatable bonds is 12. The van der Waals surface area contributed by atoms with Crippen LogP contribution in [0.4, 0.5) is 10.5 Å². The van der Waals surface area contributed by atoms with Gasteiger partial charge in [-0.1, -0.05) is 93.6 Å². The standard InChI is InChI=1S/C37H44N4O4S.H2/c1-6-41(36(42)39-26-28-17-22-31(23-18-28)37(2,3)4)35(38)14-10-11-27-15-19-29(20-16-27)30-21-24-34(45-5)33(25-30)40-46(43,44)32-12-8-7-9-13-32;/h7-9,12-13,15-25,38,40H,6,10-11,14,26H2,1-5H3,(H,39,42);1H. The Bertz CT molecular complexity index is 1740. The summed E-state index contributed by atoms with van der Waals surface area (Å²) in [5, 5.41) is 11.5. The summed E-state index contributed by atoms with van der Waals surface area (Å²) in [5.41, 5.74) is 5.58. The van der Waals surface area contributed by atoms with E-state index in [0.717, 1.165) is 35.1 Å². The summed E-state index contributed by atoms with van der Waals surface area (Å²) >= 11 is 0. The van der Waals surface area contributed by atoms with E-state index >= 15 is 0 Å². The number of ether oxygens (including phenoxy) is 1. The summed E-state index contributed by atoms with van der Waals surface area (Å²) in [4.78, 5) is 14.5. The van der Waals surface area contributed by atoms with E-state index in [4.69, 9.17) is 10.1 Å². The molecule has 244 valence electrons. The number of carbonyl (C=O) groups is 1. The number of methoxy groups -OCH3 is 1. The summed E-state index contributed by atoms with van der Waals surface area (Å²) in [6.07, 6.45) is 1.96. The molecule has 8 nitrogen and oxygen atoms in total. The molecule has 0 saturated carbocycles. The predicted molar refractivity (Wildman–Crippen MR) is 188 cm³/mol. The lowest BCUT2D eigenvalue weighted by Crippen LogP contribution is -2.43. The van der Waals surface area contributed by atoms with E-state index in [1.807, 2.05) is 49.4 Å². The van der Waals surface area contributed by atoms with Crippen LogP contribution in [0, 0.1) is 5.41 Å². The van der Waals surface area contributed by atoms with Gasteiger partial charge in [0, 0.05) is 20.9 Å². The molecule has 0 aliphatic heterocycles. The molecule has 0 aromatic heterocycles. The molecular formula is C37H46N4O4S. The fraction of sp³-hybridized carbons (Fsp3) is 0.297. The van der Waals surface area contributed by atoms with Crippen molar-refractivity contribution in [2.24, 2.45) is 0 Å². The molecule has 0 fully saturated rings. The summed E-state index contributed by atoms with van der Waals surface area (Å²) in [6, 6.07) is 29.7. The normalized spacial score (nSPS) is 11.5. The number of hydrogen-bond acceptors (Lipinski definition) is 5. The first-order valence-corrected chi connectivity index (χ1v) is 17.0. The van der Waals surface area contributed by atoms with Crippen LogP contribution in [0.5, 0.6) is 5.75 Å². The second kappa shape index (κ2) is 15.1. The summed E-state index contributed by atoms with van der Waals surface area (Å²) < 4.78 is 33.9. The number of sulfonamides is 1. The Hall–Kier alpha value is -4.63. The van der Waals surface area contributed by atoms with E-state index in [0.29, 0.717) is 36.8 Å². The largest absolute Gasteiger partial charge is 0.495 e. The van der Waals surface area contributed by atoms with Gasteiger partial charge in [-0.3, -0.25) is 15.0 Å². The highest BCUT2D eigenvalue weighted by atomic mass is 32.2. The number of benzene rings is 4. The number of hydrogen-bond donors (Lipinski definition) is 3. The molecule has 4 aromatic rings. The molecular weight excluding hydrogens is 596 g/mol. The van der Waals surface area contributed by atoms with Crippen LogP contribution in [0.2, 0.25) is 0 Å². The van der Waals surface area contributed by atoms with E-state index < -0.39 is 10.0 Å². The summed E-state index contributed by atoms with van der Waals surface area (Å²) in [6.45, 7) is 9.23. The molecule has 0 unspecified atom stereocenters. The third-order valence-electron chi connectivity index (χ3n) is 7.81. The quantitative estimate of drug-likeness (QED) is 0.107. The first-order valence-electron chi connectivity index (χ1n) is 15.5. The summed E-state index contributed by atoms with van der Waals surface area (Å²) in [7, 11) is -2.28. The van der Waals surface area contributed by atoms with Crippen LogP contribution in [0.25, 0.3) is 11.1 Å². The van der Waals surface area contributed by atoms with Gasteiger partial charge in [0.2, 0.25) is 0 Å². The van der Waals surface area contributed by atoms with Gasteiger partial charge < -0.3 is 10.1 Å². The van der Waals surface area contributed by atoms with Crippen molar-refractivity contribution in [2.45, 2.75) is 63.8 Å². The van der Waals surface area contributed by atoms with Gasteiger partial charge >= 0.3 is 6.03 Å². The van der Waals surface area contributed by atoms with Gasteiger partial charge in [0.05, 0.1) is 17.7 Å². The van der Waals surface area contributed by atoms with Crippen LogP contribution >= 0.6 is 0 Å². The Morgan fingerprint density at radius 2 is 1.52 bits per heavy atom. The van der Waals surface area contributed by atoms with Crippen LogP contribution in [-0.2, 0) is 28.4 Å². The smallest absolute Gasteiger partial charge is 0.323 e. The molecule has 2 amide bonds. The molecule has 46 heavy (non-hydrogen) atoms. The number of amidine groups is 1. The average Bonchev–Trinajstić information content (AvgIpc) is 3.04.